The van der Waals surface area contributed by atoms with Gasteiger partial charge in [0.05, 0.1) is 0 Å². The molecule has 0 saturated heterocycles. The molecule has 1 aliphatic rings. The van der Waals surface area contributed by atoms with Crippen molar-refractivity contribution in [3.05, 3.63) is 71.5 Å². The maximum absolute atomic E-state index is 15.2. The third-order valence-electron chi connectivity index (χ3n) is 6.89. The van der Waals surface area contributed by atoms with Gasteiger partial charge >= 0.3 is 0 Å². The fraction of sp³-hybridized carbons (Fsp3) is 0.429. The Bertz CT molecular complexity index is 946. The molecule has 0 aliphatic heterocycles. The van der Waals surface area contributed by atoms with Crippen LogP contribution in [0.15, 0.2) is 54.6 Å². The summed E-state index contributed by atoms with van der Waals surface area (Å²) in [5, 5.41) is 1.74. The van der Waals surface area contributed by atoms with Crippen LogP contribution >= 0.6 is 0 Å². The Labute approximate surface area is 175 Å². The fourth-order valence-electron chi connectivity index (χ4n) is 5.04. The summed E-state index contributed by atoms with van der Waals surface area (Å²) in [5.74, 6) is 1.74. The first-order valence-corrected chi connectivity index (χ1v) is 11.4. The summed E-state index contributed by atoms with van der Waals surface area (Å²) in [6.45, 7) is 4.36. The summed E-state index contributed by atoms with van der Waals surface area (Å²) < 4.78 is 15.2. The highest BCUT2D eigenvalue weighted by Crippen LogP contribution is 2.34. The Morgan fingerprint density at radius 2 is 1.52 bits per heavy atom. The second-order valence-electron chi connectivity index (χ2n) is 9.06. The molecule has 0 heterocycles. The molecule has 1 saturated carbocycles. The molecule has 0 aromatic heterocycles. The molecule has 0 bridgehead atoms. The van der Waals surface area contributed by atoms with E-state index in [2.05, 4.69) is 32.0 Å². The zero-order valence-electron chi connectivity index (χ0n) is 17.9. The lowest BCUT2D eigenvalue weighted by molar-refractivity contribution is 0.252. The van der Waals surface area contributed by atoms with Gasteiger partial charge in [0.1, 0.15) is 5.82 Å². The number of rotatable bonds is 6. The van der Waals surface area contributed by atoms with Crippen LogP contribution in [0.1, 0.15) is 63.0 Å². The number of hydrogen-bond donors (Lipinski definition) is 0. The third-order valence-corrected chi connectivity index (χ3v) is 6.89. The third kappa shape index (κ3) is 4.71. The topological polar surface area (TPSA) is 0 Å². The van der Waals surface area contributed by atoms with E-state index in [9.17, 15) is 0 Å². The van der Waals surface area contributed by atoms with Gasteiger partial charge in [0.15, 0.2) is 0 Å². The zero-order valence-corrected chi connectivity index (χ0v) is 17.9. The molecule has 0 radical (unpaired) electrons. The first kappa shape index (κ1) is 20.1. The van der Waals surface area contributed by atoms with Gasteiger partial charge in [-0.05, 0) is 48.1 Å². The van der Waals surface area contributed by atoms with Gasteiger partial charge in [0.2, 0.25) is 0 Å². The number of halogens is 1. The highest BCUT2D eigenvalue weighted by Gasteiger charge is 2.20. The molecular formula is C28H33F. The van der Waals surface area contributed by atoms with E-state index in [1.165, 1.54) is 56.1 Å². The van der Waals surface area contributed by atoms with Gasteiger partial charge in [-0.1, -0.05) is 106 Å². The van der Waals surface area contributed by atoms with Gasteiger partial charge < -0.3 is 0 Å². The van der Waals surface area contributed by atoms with E-state index in [0.29, 0.717) is 5.56 Å². The molecule has 0 unspecified atom stereocenters. The quantitative estimate of drug-likeness (QED) is 0.397. The van der Waals surface area contributed by atoms with Crippen molar-refractivity contribution in [3.63, 3.8) is 0 Å². The number of aryl methyl sites for hydroxylation is 2. The zero-order chi connectivity index (χ0) is 20.2. The average Bonchev–Trinajstić information content (AvgIpc) is 2.74. The minimum Gasteiger partial charge on any atom is -0.206 e. The van der Waals surface area contributed by atoms with Crippen molar-refractivity contribution in [1.29, 1.82) is 0 Å². The van der Waals surface area contributed by atoms with E-state index >= 15 is 4.39 Å². The molecule has 0 spiro atoms. The molecule has 4 rings (SSSR count). The van der Waals surface area contributed by atoms with Crippen LogP contribution in [0.5, 0.6) is 0 Å². The van der Waals surface area contributed by atoms with Gasteiger partial charge in [0, 0.05) is 10.9 Å². The number of hydrogen-bond acceptors (Lipinski definition) is 0. The van der Waals surface area contributed by atoms with Crippen LogP contribution in [0, 0.1) is 24.6 Å². The lowest BCUT2D eigenvalue weighted by Gasteiger charge is -2.28. The summed E-state index contributed by atoms with van der Waals surface area (Å²) in [6, 6.07) is 18.4. The molecule has 0 N–H and O–H groups in total. The van der Waals surface area contributed by atoms with Crippen LogP contribution in [0.25, 0.3) is 21.9 Å². The van der Waals surface area contributed by atoms with Crippen LogP contribution in [0.2, 0.25) is 0 Å². The van der Waals surface area contributed by atoms with Crippen molar-refractivity contribution in [2.24, 2.45) is 11.8 Å². The van der Waals surface area contributed by atoms with Gasteiger partial charge in [-0.2, -0.15) is 0 Å². The highest BCUT2D eigenvalue weighted by molar-refractivity contribution is 5.88. The Hall–Kier alpha value is -2.15. The van der Waals surface area contributed by atoms with Crippen molar-refractivity contribution in [1.82, 2.24) is 0 Å². The number of benzene rings is 3. The molecule has 0 atom stereocenters. The van der Waals surface area contributed by atoms with Crippen LogP contribution in [0.4, 0.5) is 4.39 Å². The first-order valence-electron chi connectivity index (χ1n) is 11.4. The second-order valence-corrected chi connectivity index (χ2v) is 9.06. The lowest BCUT2D eigenvalue weighted by atomic mass is 9.78. The van der Waals surface area contributed by atoms with Gasteiger partial charge in [-0.25, -0.2) is 4.39 Å². The Morgan fingerprint density at radius 1 is 0.828 bits per heavy atom. The summed E-state index contributed by atoms with van der Waals surface area (Å²) in [7, 11) is 0. The van der Waals surface area contributed by atoms with Crippen molar-refractivity contribution < 1.29 is 4.39 Å². The molecule has 0 amide bonds. The Kier molecular flexibility index (Phi) is 6.33. The van der Waals surface area contributed by atoms with Crippen LogP contribution in [-0.2, 0) is 6.42 Å². The van der Waals surface area contributed by atoms with Crippen molar-refractivity contribution in [2.45, 2.75) is 65.2 Å². The SMILES string of the molecule is CCCC1CCC(CCc2ccc3c(F)c(-c4ccc(C)cc4)ccc3c2)CC1. The van der Waals surface area contributed by atoms with E-state index in [1.807, 2.05) is 36.4 Å². The molecule has 3 aromatic rings. The molecule has 1 heteroatoms. The molecule has 29 heavy (non-hydrogen) atoms. The monoisotopic (exact) mass is 388 g/mol. The van der Waals surface area contributed by atoms with Crippen molar-refractivity contribution in [3.8, 4) is 11.1 Å². The van der Waals surface area contributed by atoms with E-state index in [1.54, 1.807) is 0 Å². The van der Waals surface area contributed by atoms with E-state index in [-0.39, 0.29) is 5.82 Å². The predicted molar refractivity (Wildman–Crippen MR) is 123 cm³/mol. The standard InChI is InChI=1S/C28H33F/c1-3-4-21-7-9-22(10-8-21)11-12-23-13-17-27-25(19-23)16-18-26(28(27)29)24-14-5-20(2)6-15-24/h5-6,13-19,21-22H,3-4,7-12H2,1-2H3. The van der Waals surface area contributed by atoms with Crippen molar-refractivity contribution in [2.75, 3.05) is 0 Å². The number of fused-ring (bicyclic) bond motifs is 1. The van der Waals surface area contributed by atoms with E-state index in [0.717, 1.165) is 34.6 Å². The second kappa shape index (κ2) is 9.11. The molecule has 1 fully saturated rings. The Balaban J connectivity index is 1.45. The minimum atomic E-state index is -0.104. The highest BCUT2D eigenvalue weighted by atomic mass is 19.1. The van der Waals surface area contributed by atoms with Crippen LogP contribution < -0.4 is 0 Å². The van der Waals surface area contributed by atoms with E-state index < -0.39 is 0 Å². The summed E-state index contributed by atoms with van der Waals surface area (Å²) in [4.78, 5) is 0. The van der Waals surface area contributed by atoms with Gasteiger partial charge in [-0.15, -0.1) is 0 Å². The largest absolute Gasteiger partial charge is 0.206 e. The smallest absolute Gasteiger partial charge is 0.138 e. The Morgan fingerprint density at radius 3 is 2.21 bits per heavy atom. The van der Waals surface area contributed by atoms with Crippen LogP contribution in [-0.4, -0.2) is 0 Å². The maximum atomic E-state index is 15.2. The van der Waals surface area contributed by atoms with Crippen molar-refractivity contribution >= 4 is 10.8 Å². The summed E-state index contributed by atoms with van der Waals surface area (Å²) in [6.07, 6.45) is 10.8. The molecule has 1 aliphatic carbocycles. The summed E-state index contributed by atoms with van der Waals surface area (Å²) >= 11 is 0. The van der Waals surface area contributed by atoms with Gasteiger partial charge in [-0.3, -0.25) is 0 Å². The first-order chi connectivity index (χ1) is 14.1. The average molecular weight is 389 g/mol. The summed E-state index contributed by atoms with van der Waals surface area (Å²) in [5.41, 5.74) is 4.17. The molecular weight excluding hydrogens is 355 g/mol. The van der Waals surface area contributed by atoms with E-state index in [4.69, 9.17) is 0 Å². The normalized spacial score (nSPS) is 19.6. The maximum Gasteiger partial charge on any atom is 0.138 e. The minimum absolute atomic E-state index is 0.104. The predicted octanol–water partition coefficient (Wildman–Crippen LogP) is 8.49. The lowest BCUT2D eigenvalue weighted by Crippen LogP contribution is -2.15. The molecule has 0 nitrogen and oxygen atoms in total. The molecule has 3 aromatic carbocycles. The fourth-order valence-corrected chi connectivity index (χ4v) is 5.04. The molecule has 152 valence electrons. The van der Waals surface area contributed by atoms with Crippen LogP contribution in [0.3, 0.4) is 0 Å². The van der Waals surface area contributed by atoms with Gasteiger partial charge in [0.25, 0.3) is 0 Å².